The molecule has 1 fully saturated rings. The number of ether oxygens (including phenoxy) is 1. The third kappa shape index (κ3) is 6.03. The Hall–Kier alpha value is -0.610. The first-order chi connectivity index (χ1) is 8.26. The van der Waals surface area contributed by atoms with Crippen LogP contribution in [0, 0.1) is 5.92 Å². The van der Waals surface area contributed by atoms with Gasteiger partial charge in [-0.3, -0.25) is 4.79 Å². The molecule has 0 aliphatic heterocycles. The lowest BCUT2D eigenvalue weighted by atomic mass is 10.1. The van der Waals surface area contributed by atoms with Crippen LogP contribution in [0.3, 0.4) is 0 Å². The van der Waals surface area contributed by atoms with Gasteiger partial charge in [0.05, 0.1) is 6.61 Å². The van der Waals surface area contributed by atoms with Crippen LogP contribution in [0.2, 0.25) is 0 Å². The van der Waals surface area contributed by atoms with E-state index in [4.69, 9.17) is 4.74 Å². The minimum atomic E-state index is 0.111. The zero-order chi connectivity index (χ0) is 12.5. The molecule has 4 heteroatoms. The largest absolute Gasteiger partial charge is 0.383 e. The van der Waals surface area contributed by atoms with Gasteiger partial charge >= 0.3 is 0 Å². The van der Waals surface area contributed by atoms with Crippen LogP contribution in [0.15, 0.2) is 0 Å². The fourth-order valence-electron chi connectivity index (χ4n) is 2.40. The number of methoxy groups -OCH3 is 1. The van der Waals surface area contributed by atoms with Crippen LogP contribution in [0.25, 0.3) is 0 Å². The molecule has 1 aliphatic carbocycles. The van der Waals surface area contributed by atoms with E-state index in [0.717, 1.165) is 12.5 Å². The molecule has 0 aromatic rings. The average molecular weight is 242 g/mol. The Labute approximate surface area is 104 Å². The predicted octanol–water partition coefficient (Wildman–Crippen LogP) is 1.31. The molecule has 2 atom stereocenters. The Morgan fingerprint density at radius 1 is 1.35 bits per heavy atom. The molecule has 17 heavy (non-hydrogen) atoms. The fraction of sp³-hybridized carbons (Fsp3) is 0.923. The van der Waals surface area contributed by atoms with Crippen molar-refractivity contribution < 1.29 is 9.53 Å². The van der Waals surface area contributed by atoms with Crippen molar-refractivity contribution >= 4 is 5.91 Å². The molecular weight excluding hydrogens is 216 g/mol. The Morgan fingerprint density at radius 3 is 2.82 bits per heavy atom. The molecule has 0 radical (unpaired) electrons. The van der Waals surface area contributed by atoms with Gasteiger partial charge < -0.3 is 15.4 Å². The second kappa shape index (κ2) is 8.48. The lowest BCUT2D eigenvalue weighted by Gasteiger charge is -2.12. The lowest BCUT2D eigenvalue weighted by molar-refractivity contribution is -0.121. The van der Waals surface area contributed by atoms with Crippen LogP contribution in [0.1, 0.15) is 39.0 Å². The summed E-state index contributed by atoms with van der Waals surface area (Å²) in [6.07, 6.45) is 5.74. The second-order valence-electron chi connectivity index (χ2n) is 4.83. The number of hydrogen-bond acceptors (Lipinski definition) is 3. The van der Waals surface area contributed by atoms with Crippen molar-refractivity contribution in [1.82, 2.24) is 10.6 Å². The Morgan fingerprint density at radius 2 is 2.18 bits per heavy atom. The van der Waals surface area contributed by atoms with Gasteiger partial charge in [-0.15, -0.1) is 0 Å². The van der Waals surface area contributed by atoms with Crippen molar-refractivity contribution in [2.24, 2.45) is 5.92 Å². The number of amides is 1. The summed E-state index contributed by atoms with van der Waals surface area (Å²) in [7, 11) is 1.64. The van der Waals surface area contributed by atoms with E-state index in [2.05, 4.69) is 17.6 Å². The van der Waals surface area contributed by atoms with E-state index in [9.17, 15) is 4.79 Å². The van der Waals surface area contributed by atoms with E-state index in [-0.39, 0.29) is 5.91 Å². The van der Waals surface area contributed by atoms with Crippen molar-refractivity contribution in [3.8, 4) is 0 Å². The quantitative estimate of drug-likeness (QED) is 0.631. The summed E-state index contributed by atoms with van der Waals surface area (Å²) < 4.78 is 4.87. The first-order valence-corrected chi connectivity index (χ1v) is 6.75. The molecule has 4 nitrogen and oxygen atoms in total. The van der Waals surface area contributed by atoms with Gasteiger partial charge in [0.15, 0.2) is 0 Å². The standard InChI is InChI=1S/C13H26N2O2/c1-3-11-4-5-12(10-11)14-7-6-13(16)15-8-9-17-2/h11-12,14H,3-10H2,1-2H3,(H,15,16). The maximum absolute atomic E-state index is 11.4. The van der Waals surface area contributed by atoms with E-state index in [1.165, 1.54) is 25.7 Å². The molecular formula is C13H26N2O2. The predicted molar refractivity (Wildman–Crippen MR) is 68.9 cm³/mol. The van der Waals surface area contributed by atoms with E-state index < -0.39 is 0 Å². The van der Waals surface area contributed by atoms with Crippen LogP contribution in [0.4, 0.5) is 0 Å². The molecule has 1 amide bonds. The molecule has 0 aromatic carbocycles. The van der Waals surface area contributed by atoms with Gasteiger partial charge in [-0.2, -0.15) is 0 Å². The number of rotatable bonds is 8. The van der Waals surface area contributed by atoms with Crippen molar-refractivity contribution in [3.05, 3.63) is 0 Å². The molecule has 2 N–H and O–H groups in total. The van der Waals surface area contributed by atoms with Crippen LogP contribution in [-0.2, 0) is 9.53 Å². The number of nitrogens with one attached hydrogen (secondary N) is 2. The topological polar surface area (TPSA) is 50.4 Å². The summed E-state index contributed by atoms with van der Waals surface area (Å²) in [5, 5.41) is 6.30. The molecule has 0 aromatic heterocycles. The summed E-state index contributed by atoms with van der Waals surface area (Å²) in [6.45, 7) is 4.24. The summed E-state index contributed by atoms with van der Waals surface area (Å²) in [6, 6.07) is 0.631. The first kappa shape index (κ1) is 14.5. The molecule has 100 valence electrons. The highest BCUT2D eigenvalue weighted by Gasteiger charge is 2.22. The van der Waals surface area contributed by atoms with E-state index in [1.807, 2.05) is 0 Å². The minimum absolute atomic E-state index is 0.111. The van der Waals surface area contributed by atoms with Crippen molar-refractivity contribution in [1.29, 1.82) is 0 Å². The highest BCUT2D eigenvalue weighted by atomic mass is 16.5. The Balaban J connectivity index is 1.98. The summed E-state index contributed by atoms with van der Waals surface area (Å²) in [5.74, 6) is 1.00. The number of carbonyl (C=O) groups is 1. The monoisotopic (exact) mass is 242 g/mol. The van der Waals surface area contributed by atoms with Crippen LogP contribution in [-0.4, -0.2) is 38.8 Å². The molecule has 0 spiro atoms. The van der Waals surface area contributed by atoms with Gasteiger partial charge in [0.25, 0.3) is 0 Å². The van der Waals surface area contributed by atoms with Gasteiger partial charge in [0.2, 0.25) is 5.91 Å². The van der Waals surface area contributed by atoms with Crippen molar-refractivity contribution in [2.45, 2.75) is 45.1 Å². The SMILES string of the molecule is CCC1CCC(NCCC(=O)NCCOC)C1. The van der Waals surface area contributed by atoms with Crippen LogP contribution in [0.5, 0.6) is 0 Å². The Kier molecular flexibility index (Phi) is 7.21. The summed E-state index contributed by atoms with van der Waals surface area (Å²) in [5.41, 5.74) is 0. The fourth-order valence-corrected chi connectivity index (χ4v) is 2.40. The minimum Gasteiger partial charge on any atom is -0.383 e. The molecule has 0 saturated heterocycles. The van der Waals surface area contributed by atoms with Gasteiger partial charge in [-0.1, -0.05) is 13.3 Å². The highest BCUT2D eigenvalue weighted by Crippen LogP contribution is 2.27. The maximum atomic E-state index is 11.4. The molecule has 1 rings (SSSR count). The maximum Gasteiger partial charge on any atom is 0.221 e. The number of hydrogen-bond donors (Lipinski definition) is 2. The van der Waals surface area contributed by atoms with Crippen molar-refractivity contribution in [2.75, 3.05) is 26.8 Å². The smallest absolute Gasteiger partial charge is 0.221 e. The van der Waals surface area contributed by atoms with Gasteiger partial charge in [-0.05, 0) is 25.2 Å². The van der Waals surface area contributed by atoms with E-state index in [1.54, 1.807) is 7.11 Å². The van der Waals surface area contributed by atoms with Crippen LogP contribution < -0.4 is 10.6 Å². The van der Waals surface area contributed by atoms with Gasteiger partial charge in [-0.25, -0.2) is 0 Å². The molecule has 0 bridgehead atoms. The summed E-state index contributed by atoms with van der Waals surface area (Å²) in [4.78, 5) is 11.4. The van der Waals surface area contributed by atoms with Crippen molar-refractivity contribution in [3.63, 3.8) is 0 Å². The third-order valence-corrected chi connectivity index (χ3v) is 3.53. The van der Waals surface area contributed by atoms with E-state index >= 15 is 0 Å². The highest BCUT2D eigenvalue weighted by molar-refractivity contribution is 5.76. The third-order valence-electron chi connectivity index (χ3n) is 3.53. The average Bonchev–Trinajstić information content (AvgIpc) is 2.77. The number of carbonyl (C=O) groups excluding carboxylic acids is 1. The Bertz CT molecular complexity index is 221. The lowest BCUT2D eigenvalue weighted by Crippen LogP contribution is -2.33. The zero-order valence-corrected chi connectivity index (χ0v) is 11.1. The van der Waals surface area contributed by atoms with Crippen LogP contribution >= 0.6 is 0 Å². The molecule has 0 heterocycles. The normalized spacial score (nSPS) is 23.9. The van der Waals surface area contributed by atoms with Gasteiger partial charge in [0, 0.05) is 32.7 Å². The van der Waals surface area contributed by atoms with E-state index in [0.29, 0.717) is 25.6 Å². The summed E-state index contributed by atoms with van der Waals surface area (Å²) >= 11 is 0. The first-order valence-electron chi connectivity index (χ1n) is 6.75. The molecule has 1 aliphatic rings. The zero-order valence-electron chi connectivity index (χ0n) is 11.1. The molecule has 2 unspecified atom stereocenters. The van der Waals surface area contributed by atoms with Gasteiger partial charge in [0.1, 0.15) is 0 Å². The second-order valence-corrected chi connectivity index (χ2v) is 4.83. The molecule has 1 saturated carbocycles.